The number of pyridine rings is 1. The second kappa shape index (κ2) is 6.30. The van der Waals surface area contributed by atoms with Gasteiger partial charge in [0.25, 0.3) is 11.8 Å². The lowest BCUT2D eigenvalue weighted by Crippen LogP contribution is -2.38. The number of alkyl halides is 1. The lowest BCUT2D eigenvalue weighted by Gasteiger charge is -2.23. The third kappa shape index (κ3) is 3.21. The van der Waals surface area contributed by atoms with E-state index in [1.165, 1.54) is 21.8 Å². The third-order valence-electron chi connectivity index (χ3n) is 3.76. The Labute approximate surface area is 135 Å². The Morgan fingerprint density at radius 2 is 2.12 bits per heavy atom. The van der Waals surface area contributed by atoms with Gasteiger partial charge in [-0.05, 0) is 12.1 Å². The molecule has 1 aliphatic heterocycles. The van der Waals surface area contributed by atoms with Crippen molar-refractivity contribution in [2.75, 3.05) is 6.54 Å². The van der Waals surface area contributed by atoms with Gasteiger partial charge in [0.05, 0.1) is 31.5 Å². The molecule has 2 aromatic rings. The average Bonchev–Trinajstić information content (AvgIpc) is 3.14. The highest BCUT2D eigenvalue weighted by Crippen LogP contribution is 2.23. The normalized spacial score (nSPS) is 20.3. The van der Waals surface area contributed by atoms with Gasteiger partial charge in [-0.15, -0.1) is 5.10 Å². The van der Waals surface area contributed by atoms with E-state index in [0.29, 0.717) is 0 Å². The Kier molecular flexibility index (Phi) is 4.19. The molecular formula is C14H14F2N6O2. The van der Waals surface area contributed by atoms with E-state index in [-0.39, 0.29) is 30.9 Å². The van der Waals surface area contributed by atoms with Crippen LogP contribution in [0.3, 0.4) is 0 Å². The minimum absolute atomic E-state index is 0.0112. The second-order valence-corrected chi connectivity index (χ2v) is 5.50. The van der Waals surface area contributed by atoms with E-state index in [1.807, 2.05) is 0 Å². The van der Waals surface area contributed by atoms with Crippen LogP contribution in [0.1, 0.15) is 27.4 Å². The highest BCUT2D eigenvalue weighted by molar-refractivity contribution is 5.92. The monoisotopic (exact) mass is 336 g/mol. The number of carbonyl (C=O) groups is 2. The van der Waals surface area contributed by atoms with E-state index < -0.39 is 29.8 Å². The van der Waals surface area contributed by atoms with Gasteiger partial charge >= 0.3 is 0 Å². The van der Waals surface area contributed by atoms with Crippen molar-refractivity contribution in [2.45, 2.75) is 25.2 Å². The molecule has 0 radical (unpaired) electrons. The Balaban J connectivity index is 1.77. The molecule has 0 unspecified atom stereocenters. The van der Waals surface area contributed by atoms with Crippen LogP contribution < -0.4 is 5.73 Å². The van der Waals surface area contributed by atoms with Crippen molar-refractivity contribution < 1.29 is 18.4 Å². The summed E-state index contributed by atoms with van der Waals surface area (Å²) < 4.78 is 28.1. The molecule has 2 aromatic heterocycles. The van der Waals surface area contributed by atoms with Gasteiger partial charge in [0, 0.05) is 6.42 Å². The summed E-state index contributed by atoms with van der Waals surface area (Å²) in [7, 11) is 0. The third-order valence-corrected chi connectivity index (χ3v) is 3.76. The first kappa shape index (κ1) is 16.0. The number of primary amides is 1. The van der Waals surface area contributed by atoms with Crippen molar-refractivity contribution in [3.63, 3.8) is 0 Å². The van der Waals surface area contributed by atoms with Gasteiger partial charge in [-0.3, -0.25) is 9.59 Å². The maximum atomic E-state index is 13.8. The number of aromatic nitrogens is 4. The standard InChI is InChI=1S/C14H14F2N6O2/c15-8-1-2-11(18-4-8)14(24)22-5-9(16)3-10(22)6-21-7-12(13(17)23)19-20-21/h1-2,4,7,9-10H,3,5-6H2,(H2,17,23)/t9-,10-/m0/s1. The summed E-state index contributed by atoms with van der Waals surface area (Å²) in [5.41, 5.74) is 5.13. The maximum Gasteiger partial charge on any atom is 0.272 e. The first-order chi connectivity index (χ1) is 11.4. The van der Waals surface area contributed by atoms with Crippen LogP contribution >= 0.6 is 0 Å². The van der Waals surface area contributed by atoms with Crippen molar-refractivity contribution >= 4 is 11.8 Å². The Bertz CT molecular complexity index is 763. The van der Waals surface area contributed by atoms with E-state index in [0.717, 1.165) is 12.3 Å². The predicted octanol–water partition coefficient (Wildman–Crippen LogP) is 0.164. The van der Waals surface area contributed by atoms with E-state index in [1.54, 1.807) is 0 Å². The van der Waals surface area contributed by atoms with Gasteiger partial charge in [-0.2, -0.15) is 0 Å². The number of nitrogens with two attached hydrogens (primary N) is 1. The van der Waals surface area contributed by atoms with E-state index >= 15 is 0 Å². The fourth-order valence-corrected chi connectivity index (χ4v) is 2.65. The molecule has 1 aliphatic rings. The summed E-state index contributed by atoms with van der Waals surface area (Å²) in [6.07, 6.45) is 1.21. The fourth-order valence-electron chi connectivity index (χ4n) is 2.65. The molecule has 1 saturated heterocycles. The topological polar surface area (TPSA) is 107 Å². The average molecular weight is 336 g/mol. The van der Waals surface area contributed by atoms with E-state index in [4.69, 9.17) is 5.73 Å². The van der Waals surface area contributed by atoms with Crippen molar-refractivity contribution in [2.24, 2.45) is 5.73 Å². The lowest BCUT2D eigenvalue weighted by atomic mass is 10.2. The van der Waals surface area contributed by atoms with E-state index in [2.05, 4.69) is 15.3 Å². The highest BCUT2D eigenvalue weighted by Gasteiger charge is 2.36. The summed E-state index contributed by atoms with van der Waals surface area (Å²) in [6, 6.07) is 1.89. The molecule has 3 heterocycles. The molecule has 8 nitrogen and oxygen atoms in total. The summed E-state index contributed by atoms with van der Waals surface area (Å²) in [5.74, 6) is -1.77. The molecule has 0 aromatic carbocycles. The zero-order valence-corrected chi connectivity index (χ0v) is 12.5. The van der Waals surface area contributed by atoms with Gasteiger partial charge < -0.3 is 10.6 Å². The largest absolute Gasteiger partial charge is 0.364 e. The van der Waals surface area contributed by atoms with Gasteiger partial charge in [-0.1, -0.05) is 5.21 Å². The minimum atomic E-state index is -1.18. The number of amides is 2. The van der Waals surface area contributed by atoms with Crippen LogP contribution in [0.25, 0.3) is 0 Å². The van der Waals surface area contributed by atoms with Crippen molar-refractivity contribution in [3.05, 3.63) is 41.7 Å². The van der Waals surface area contributed by atoms with Gasteiger partial charge in [0.2, 0.25) is 0 Å². The van der Waals surface area contributed by atoms with Gasteiger partial charge in [0.15, 0.2) is 5.69 Å². The molecule has 2 amide bonds. The molecule has 1 fully saturated rings. The molecule has 2 atom stereocenters. The van der Waals surface area contributed by atoms with Crippen LogP contribution in [-0.2, 0) is 6.54 Å². The van der Waals surface area contributed by atoms with E-state index in [9.17, 15) is 18.4 Å². The van der Waals surface area contributed by atoms with Crippen molar-refractivity contribution in [1.82, 2.24) is 24.9 Å². The zero-order valence-electron chi connectivity index (χ0n) is 12.5. The van der Waals surface area contributed by atoms with Crippen LogP contribution in [-0.4, -0.2) is 55.5 Å². The molecule has 3 rings (SSSR count). The molecule has 24 heavy (non-hydrogen) atoms. The molecule has 2 N–H and O–H groups in total. The zero-order chi connectivity index (χ0) is 17.3. The number of rotatable bonds is 4. The van der Waals surface area contributed by atoms with Crippen molar-refractivity contribution in [1.29, 1.82) is 0 Å². The van der Waals surface area contributed by atoms with Gasteiger partial charge in [0.1, 0.15) is 17.7 Å². The first-order valence-corrected chi connectivity index (χ1v) is 7.20. The minimum Gasteiger partial charge on any atom is -0.364 e. The maximum absolute atomic E-state index is 13.8. The second-order valence-electron chi connectivity index (χ2n) is 5.50. The Morgan fingerprint density at radius 3 is 2.75 bits per heavy atom. The predicted molar refractivity (Wildman–Crippen MR) is 77.1 cm³/mol. The Hall–Kier alpha value is -2.91. The van der Waals surface area contributed by atoms with Crippen LogP contribution in [0.15, 0.2) is 24.5 Å². The van der Waals surface area contributed by atoms with Gasteiger partial charge in [-0.25, -0.2) is 18.4 Å². The van der Waals surface area contributed by atoms with Crippen LogP contribution in [0.2, 0.25) is 0 Å². The van der Waals surface area contributed by atoms with Crippen LogP contribution in [0.5, 0.6) is 0 Å². The van der Waals surface area contributed by atoms with Crippen LogP contribution in [0.4, 0.5) is 8.78 Å². The molecular weight excluding hydrogens is 322 g/mol. The van der Waals surface area contributed by atoms with Crippen molar-refractivity contribution in [3.8, 4) is 0 Å². The smallest absolute Gasteiger partial charge is 0.272 e. The number of halogens is 2. The molecule has 0 bridgehead atoms. The molecule has 10 heteroatoms. The number of nitrogens with zero attached hydrogens (tertiary/aromatic N) is 5. The number of likely N-dealkylation sites (tertiary alicyclic amines) is 1. The SMILES string of the molecule is NC(=O)c1cn(C[C@@H]2C[C@H](F)CN2C(=O)c2ccc(F)cn2)nn1. The first-order valence-electron chi connectivity index (χ1n) is 7.20. The number of hydrogen-bond acceptors (Lipinski definition) is 5. The quantitative estimate of drug-likeness (QED) is 0.856. The number of hydrogen-bond donors (Lipinski definition) is 1. The highest BCUT2D eigenvalue weighted by atomic mass is 19.1. The summed E-state index contributed by atoms with van der Waals surface area (Å²) in [6.45, 7) is 0.0769. The number of carbonyl (C=O) groups excluding carboxylic acids is 2. The Morgan fingerprint density at radius 1 is 1.33 bits per heavy atom. The van der Waals surface area contributed by atoms with Crippen LogP contribution in [0, 0.1) is 5.82 Å². The summed E-state index contributed by atoms with van der Waals surface area (Å²) >= 11 is 0. The lowest BCUT2D eigenvalue weighted by molar-refractivity contribution is 0.0708. The summed E-state index contributed by atoms with van der Waals surface area (Å²) in [4.78, 5) is 28.6. The summed E-state index contributed by atoms with van der Waals surface area (Å²) in [5, 5.41) is 7.35. The molecule has 0 aliphatic carbocycles. The molecule has 0 spiro atoms. The fraction of sp³-hybridized carbons (Fsp3) is 0.357. The molecule has 126 valence electrons. The molecule has 0 saturated carbocycles.